The van der Waals surface area contributed by atoms with Crippen molar-refractivity contribution in [2.45, 2.75) is 76.3 Å². The summed E-state index contributed by atoms with van der Waals surface area (Å²) in [6.45, 7) is 2.62. The Bertz CT molecular complexity index is 1260. The van der Waals surface area contributed by atoms with Gasteiger partial charge >= 0.3 is 18.3 Å². The van der Waals surface area contributed by atoms with E-state index in [-0.39, 0.29) is 24.1 Å². The van der Waals surface area contributed by atoms with Crippen LogP contribution in [0, 0.1) is 17.8 Å². The van der Waals surface area contributed by atoms with Crippen molar-refractivity contribution in [3.05, 3.63) is 64.2 Å². The summed E-state index contributed by atoms with van der Waals surface area (Å²) in [5, 5.41) is 9.69. The molecule has 1 aliphatic carbocycles. The first-order valence-electron chi connectivity index (χ1n) is 14.3. The Labute approximate surface area is 236 Å². The van der Waals surface area contributed by atoms with Gasteiger partial charge < -0.3 is 10.0 Å². The number of carbonyl (C=O) groups is 1. The number of carboxylic acids is 1. The first kappa shape index (κ1) is 29.7. The van der Waals surface area contributed by atoms with E-state index >= 15 is 0 Å². The number of halogens is 6. The number of rotatable bonds is 7. The van der Waals surface area contributed by atoms with E-state index in [0.717, 1.165) is 49.8 Å². The topological polar surface area (TPSA) is 43.8 Å². The van der Waals surface area contributed by atoms with Crippen LogP contribution in [0.25, 0.3) is 0 Å². The van der Waals surface area contributed by atoms with Gasteiger partial charge in [0.15, 0.2) is 0 Å². The lowest BCUT2D eigenvalue weighted by Gasteiger charge is -2.44. The zero-order valence-corrected chi connectivity index (χ0v) is 23.2. The van der Waals surface area contributed by atoms with Gasteiger partial charge in [0.2, 0.25) is 0 Å². The molecule has 1 saturated heterocycles. The number of benzene rings is 2. The van der Waals surface area contributed by atoms with Gasteiger partial charge in [-0.25, -0.2) is 0 Å². The number of nitrogens with zero attached hydrogens (tertiary/aromatic N) is 2. The number of carboxylic acid groups (broad SMARTS) is 1. The van der Waals surface area contributed by atoms with E-state index in [1.54, 1.807) is 6.92 Å². The molecule has 0 spiro atoms. The van der Waals surface area contributed by atoms with Crippen LogP contribution >= 0.6 is 0 Å². The van der Waals surface area contributed by atoms with Crippen molar-refractivity contribution >= 4 is 11.7 Å². The van der Waals surface area contributed by atoms with E-state index in [0.29, 0.717) is 43.1 Å². The van der Waals surface area contributed by atoms with Crippen LogP contribution in [0.1, 0.15) is 72.8 Å². The summed E-state index contributed by atoms with van der Waals surface area (Å²) in [4.78, 5) is 15.9. The molecule has 3 atom stereocenters. The highest BCUT2D eigenvalue weighted by molar-refractivity contribution is 5.71. The fourth-order valence-electron chi connectivity index (χ4n) is 7.05. The maximum absolute atomic E-state index is 13.6. The van der Waals surface area contributed by atoms with E-state index < -0.39 is 35.4 Å². The van der Waals surface area contributed by atoms with Crippen LogP contribution < -0.4 is 4.90 Å². The lowest BCUT2D eigenvalue weighted by Crippen LogP contribution is -2.46. The highest BCUT2D eigenvalue weighted by Gasteiger charge is 2.41. The smallest absolute Gasteiger partial charge is 0.416 e. The Morgan fingerprint density at radius 3 is 2.22 bits per heavy atom. The predicted octanol–water partition coefficient (Wildman–Crippen LogP) is 7.60. The molecule has 2 aromatic carbocycles. The minimum absolute atomic E-state index is 0.0211. The summed E-state index contributed by atoms with van der Waals surface area (Å²) >= 11 is 0. The maximum atomic E-state index is 13.6. The summed E-state index contributed by atoms with van der Waals surface area (Å²) in [6, 6.07) is 8.27. The number of anilines is 1. The average Bonchev–Trinajstić information content (AvgIpc) is 3.74. The average molecular weight is 583 g/mol. The lowest BCUT2D eigenvalue weighted by molar-refractivity contribution is -0.142. The van der Waals surface area contributed by atoms with Gasteiger partial charge in [0, 0.05) is 25.3 Å². The van der Waals surface area contributed by atoms with E-state index in [4.69, 9.17) is 0 Å². The number of alkyl halides is 6. The lowest BCUT2D eigenvalue weighted by atomic mass is 9.79. The largest absolute Gasteiger partial charge is 0.481 e. The number of piperidine rings is 1. The van der Waals surface area contributed by atoms with E-state index in [9.17, 15) is 36.2 Å². The predicted molar refractivity (Wildman–Crippen MR) is 144 cm³/mol. The van der Waals surface area contributed by atoms with Crippen molar-refractivity contribution in [3.63, 3.8) is 0 Å². The second-order valence-electron chi connectivity index (χ2n) is 12.1. The van der Waals surface area contributed by atoms with Crippen LogP contribution in [0.3, 0.4) is 0 Å². The van der Waals surface area contributed by atoms with Gasteiger partial charge in [0.25, 0.3) is 0 Å². The molecule has 2 heterocycles. The van der Waals surface area contributed by atoms with Crippen LogP contribution in [0.4, 0.5) is 32.0 Å². The highest BCUT2D eigenvalue weighted by Crippen LogP contribution is 2.48. The summed E-state index contributed by atoms with van der Waals surface area (Å²) < 4.78 is 80.4. The molecule has 224 valence electrons. The molecule has 41 heavy (non-hydrogen) atoms. The summed E-state index contributed by atoms with van der Waals surface area (Å²) in [7, 11) is 2.06. The molecule has 4 nitrogen and oxygen atoms in total. The number of likely N-dealkylation sites (tertiary alicyclic amines) is 1. The van der Waals surface area contributed by atoms with Gasteiger partial charge in [0.05, 0.1) is 17.0 Å². The summed E-state index contributed by atoms with van der Waals surface area (Å²) in [5.41, 5.74) is 0.968. The Morgan fingerprint density at radius 1 is 0.951 bits per heavy atom. The van der Waals surface area contributed by atoms with Crippen LogP contribution in [0.2, 0.25) is 0 Å². The number of hydrogen-bond donors (Lipinski definition) is 1. The molecule has 0 radical (unpaired) electrons. The van der Waals surface area contributed by atoms with Crippen molar-refractivity contribution in [2.24, 2.45) is 17.8 Å². The number of fused-ring (bicyclic) bond motifs is 1. The van der Waals surface area contributed by atoms with Crippen molar-refractivity contribution in [1.82, 2.24) is 4.90 Å². The first-order valence-corrected chi connectivity index (χ1v) is 14.3. The molecular formula is C31H36F6N2O2. The molecule has 2 aromatic rings. The molecule has 2 fully saturated rings. The molecule has 3 aliphatic rings. The molecule has 0 amide bonds. The molecule has 2 aliphatic heterocycles. The van der Waals surface area contributed by atoms with Gasteiger partial charge in [-0.1, -0.05) is 19.1 Å². The Morgan fingerprint density at radius 2 is 1.63 bits per heavy atom. The molecule has 1 saturated carbocycles. The van der Waals surface area contributed by atoms with Crippen LogP contribution in [-0.4, -0.2) is 42.2 Å². The van der Waals surface area contributed by atoms with Crippen molar-refractivity contribution in [1.29, 1.82) is 0 Å². The number of hydrogen-bond acceptors (Lipinski definition) is 3. The zero-order valence-electron chi connectivity index (χ0n) is 23.2. The second-order valence-corrected chi connectivity index (χ2v) is 12.1. The van der Waals surface area contributed by atoms with Crippen molar-refractivity contribution < 1.29 is 36.2 Å². The Balaban J connectivity index is 1.28. The monoisotopic (exact) mass is 582 g/mol. The first-order chi connectivity index (χ1) is 19.2. The van der Waals surface area contributed by atoms with Crippen LogP contribution in [-0.2, 0) is 30.1 Å². The number of aryl methyl sites for hydroxylation is 1. The molecule has 0 unspecified atom stereocenters. The summed E-state index contributed by atoms with van der Waals surface area (Å²) in [5.74, 6) is -0.585. The quantitative estimate of drug-likeness (QED) is 0.342. The van der Waals surface area contributed by atoms with Gasteiger partial charge in [-0.3, -0.25) is 9.69 Å². The SMILES string of the molecule is C[C@H](C(=O)O)[C@H](c1ccc2c(c1)N(C)[C@H](C1CCN(Cc3cc(C(F)(F)F)ccc3C(F)(F)F)CC1)CC2)C1CC1. The minimum atomic E-state index is -4.73. The van der Waals surface area contributed by atoms with Crippen LogP contribution in [0.15, 0.2) is 36.4 Å². The molecule has 1 N–H and O–H groups in total. The van der Waals surface area contributed by atoms with Gasteiger partial charge in [0.1, 0.15) is 0 Å². The standard InChI is InChI=1S/C31H36F6N2O2/c1-18(29(40)41)28(21-4-5-21)22-6-3-19-7-10-26(38(2)27(19)16-22)20-11-13-39(14-12-20)17-23-15-24(30(32,33)34)8-9-25(23)31(35,36)37/h3,6,8-9,15-16,18,20-21,26,28H,4-5,7,10-14,17H2,1-2H3,(H,40,41)/t18-,26-,28-/m0/s1. The van der Waals surface area contributed by atoms with Gasteiger partial charge in [-0.05, 0) is 110 Å². The second kappa shape index (κ2) is 11.2. The third-order valence-corrected chi connectivity index (χ3v) is 9.45. The number of aliphatic carboxylic acids is 1. The fraction of sp³-hybridized carbons (Fsp3) is 0.581. The van der Waals surface area contributed by atoms with E-state index in [1.165, 1.54) is 5.56 Å². The normalized spacial score (nSPS) is 22.3. The Hall–Kier alpha value is -2.75. The zero-order chi connectivity index (χ0) is 29.7. The van der Waals surface area contributed by atoms with Crippen molar-refractivity contribution in [3.8, 4) is 0 Å². The molecule has 5 rings (SSSR count). The third kappa shape index (κ3) is 6.37. The minimum Gasteiger partial charge on any atom is -0.481 e. The third-order valence-electron chi connectivity index (χ3n) is 9.45. The van der Waals surface area contributed by atoms with Crippen LogP contribution in [0.5, 0.6) is 0 Å². The molecule has 0 bridgehead atoms. The van der Waals surface area contributed by atoms with E-state index in [2.05, 4.69) is 30.1 Å². The van der Waals surface area contributed by atoms with Gasteiger partial charge in [-0.15, -0.1) is 0 Å². The highest BCUT2D eigenvalue weighted by atomic mass is 19.4. The van der Waals surface area contributed by atoms with E-state index in [1.807, 2.05) is 4.90 Å². The Kier molecular flexibility index (Phi) is 8.09. The molecular weight excluding hydrogens is 546 g/mol. The fourth-order valence-corrected chi connectivity index (χ4v) is 7.05. The molecule has 0 aromatic heterocycles. The summed E-state index contributed by atoms with van der Waals surface area (Å²) in [6.07, 6.45) is -4.03. The molecule has 10 heteroatoms. The van der Waals surface area contributed by atoms with Crippen molar-refractivity contribution in [2.75, 3.05) is 25.0 Å². The van der Waals surface area contributed by atoms with Gasteiger partial charge in [-0.2, -0.15) is 26.3 Å². The maximum Gasteiger partial charge on any atom is 0.416 e.